The largest absolute Gasteiger partial charge is 0.451 e. The van der Waals surface area contributed by atoms with Crippen LogP contribution in [-0.2, 0) is 4.79 Å². The summed E-state index contributed by atoms with van der Waals surface area (Å²) in [5.41, 5.74) is 0.653. The fraction of sp³-hybridized carbons (Fsp3) is 0.474. The average molecular weight is 378 g/mol. The third-order valence-corrected chi connectivity index (χ3v) is 4.80. The van der Waals surface area contributed by atoms with Gasteiger partial charge >= 0.3 is 0 Å². The predicted octanol–water partition coefficient (Wildman–Crippen LogP) is 2.76. The Kier molecular flexibility index (Phi) is 6.16. The first kappa shape index (κ1) is 18.7. The molecule has 0 saturated carbocycles. The maximum Gasteiger partial charge on any atom is 0.289 e. The minimum absolute atomic E-state index is 0.0485. The Labute approximate surface area is 158 Å². The smallest absolute Gasteiger partial charge is 0.289 e. The van der Waals surface area contributed by atoms with E-state index in [1.165, 1.54) is 0 Å². The standard InChI is InChI=1S/C19H24ClN3O3/c1-2-3-6-21-18(24)13-22-7-9-23(10-8-22)19(25)17-12-14-11-15(20)4-5-16(14)26-17/h4-5,11-12H,2-3,6-10,13H2,1H3,(H,21,24). The molecule has 2 aromatic rings. The molecule has 1 N–H and O–H groups in total. The van der Waals surface area contributed by atoms with Gasteiger partial charge in [-0.25, -0.2) is 0 Å². The van der Waals surface area contributed by atoms with Gasteiger partial charge in [0, 0.05) is 43.1 Å². The zero-order chi connectivity index (χ0) is 18.5. The highest BCUT2D eigenvalue weighted by atomic mass is 35.5. The molecule has 0 bridgehead atoms. The van der Waals surface area contributed by atoms with E-state index in [1.807, 2.05) is 0 Å². The molecule has 3 rings (SSSR count). The quantitative estimate of drug-likeness (QED) is 0.786. The molecule has 2 heterocycles. The maximum absolute atomic E-state index is 12.7. The van der Waals surface area contributed by atoms with Crippen LogP contribution in [0.5, 0.6) is 0 Å². The number of benzene rings is 1. The minimum atomic E-state index is -0.121. The molecule has 2 amide bonds. The summed E-state index contributed by atoms with van der Waals surface area (Å²) in [6.07, 6.45) is 2.06. The third kappa shape index (κ3) is 4.56. The van der Waals surface area contributed by atoms with Gasteiger partial charge in [-0.2, -0.15) is 0 Å². The fourth-order valence-electron chi connectivity index (χ4n) is 3.05. The highest BCUT2D eigenvalue weighted by molar-refractivity contribution is 6.31. The number of nitrogens with one attached hydrogen (secondary N) is 1. The number of hydrogen-bond acceptors (Lipinski definition) is 4. The number of amides is 2. The SMILES string of the molecule is CCCCNC(=O)CN1CCN(C(=O)c2cc3cc(Cl)ccc3o2)CC1. The molecule has 0 atom stereocenters. The lowest BCUT2D eigenvalue weighted by atomic mass is 10.2. The first-order chi connectivity index (χ1) is 12.6. The van der Waals surface area contributed by atoms with Gasteiger partial charge in [0.1, 0.15) is 5.58 Å². The summed E-state index contributed by atoms with van der Waals surface area (Å²) in [5, 5.41) is 4.36. The summed E-state index contributed by atoms with van der Waals surface area (Å²) in [6.45, 7) is 5.73. The fourth-order valence-corrected chi connectivity index (χ4v) is 3.23. The number of unbranched alkanes of at least 4 members (excludes halogenated alkanes) is 1. The van der Waals surface area contributed by atoms with E-state index in [9.17, 15) is 9.59 Å². The molecule has 0 radical (unpaired) electrons. The summed E-state index contributed by atoms with van der Waals surface area (Å²) in [6, 6.07) is 7.03. The van der Waals surface area contributed by atoms with Crippen LogP contribution in [0.2, 0.25) is 5.02 Å². The number of piperazine rings is 1. The number of carbonyl (C=O) groups is 2. The maximum atomic E-state index is 12.7. The van der Waals surface area contributed by atoms with Crippen molar-refractivity contribution in [3.05, 3.63) is 35.0 Å². The number of fused-ring (bicyclic) bond motifs is 1. The third-order valence-electron chi connectivity index (χ3n) is 4.57. The van der Waals surface area contributed by atoms with Gasteiger partial charge < -0.3 is 14.6 Å². The number of hydrogen-bond donors (Lipinski definition) is 1. The van der Waals surface area contributed by atoms with Gasteiger partial charge in [-0.1, -0.05) is 24.9 Å². The lowest BCUT2D eigenvalue weighted by Gasteiger charge is -2.33. The van der Waals surface area contributed by atoms with Gasteiger partial charge in [0.15, 0.2) is 5.76 Å². The van der Waals surface area contributed by atoms with Gasteiger partial charge in [-0.15, -0.1) is 0 Å². The summed E-state index contributed by atoms with van der Waals surface area (Å²) < 4.78 is 5.66. The number of rotatable bonds is 6. The van der Waals surface area contributed by atoms with Crippen LogP contribution < -0.4 is 5.32 Å². The molecule has 140 valence electrons. The summed E-state index contributed by atoms with van der Waals surface area (Å²) in [7, 11) is 0. The van der Waals surface area contributed by atoms with Crippen molar-refractivity contribution < 1.29 is 14.0 Å². The van der Waals surface area contributed by atoms with E-state index in [-0.39, 0.29) is 11.8 Å². The van der Waals surface area contributed by atoms with Crippen molar-refractivity contribution >= 4 is 34.4 Å². The number of furan rings is 1. The Balaban J connectivity index is 1.52. The molecule has 0 aliphatic carbocycles. The van der Waals surface area contributed by atoms with E-state index < -0.39 is 0 Å². The molecule has 1 aromatic heterocycles. The van der Waals surface area contributed by atoms with Crippen LogP contribution in [0, 0.1) is 0 Å². The van der Waals surface area contributed by atoms with E-state index in [0.29, 0.717) is 49.1 Å². The Bertz CT molecular complexity index is 781. The van der Waals surface area contributed by atoms with Crippen LogP contribution in [0.25, 0.3) is 11.0 Å². The van der Waals surface area contributed by atoms with Gasteiger partial charge in [0.05, 0.1) is 6.54 Å². The van der Waals surface area contributed by atoms with E-state index >= 15 is 0 Å². The van der Waals surface area contributed by atoms with Crippen LogP contribution in [0.4, 0.5) is 0 Å². The Hall–Kier alpha value is -2.05. The van der Waals surface area contributed by atoms with Crippen molar-refractivity contribution in [2.24, 2.45) is 0 Å². The van der Waals surface area contributed by atoms with Crippen LogP contribution >= 0.6 is 11.6 Å². The average Bonchev–Trinajstić information content (AvgIpc) is 3.05. The van der Waals surface area contributed by atoms with E-state index in [4.69, 9.17) is 16.0 Å². The van der Waals surface area contributed by atoms with Crippen molar-refractivity contribution in [2.75, 3.05) is 39.3 Å². The molecule has 1 fully saturated rings. The molecule has 1 aromatic carbocycles. The van der Waals surface area contributed by atoms with Crippen molar-refractivity contribution in [1.82, 2.24) is 15.1 Å². The van der Waals surface area contributed by atoms with Gasteiger partial charge in [-0.3, -0.25) is 14.5 Å². The van der Waals surface area contributed by atoms with Crippen molar-refractivity contribution in [3.63, 3.8) is 0 Å². The lowest BCUT2D eigenvalue weighted by Crippen LogP contribution is -2.51. The number of carbonyl (C=O) groups excluding carboxylic acids is 2. The van der Waals surface area contributed by atoms with Gasteiger partial charge in [-0.05, 0) is 30.7 Å². The van der Waals surface area contributed by atoms with E-state index in [1.54, 1.807) is 29.2 Å². The normalized spacial score (nSPS) is 15.4. The van der Waals surface area contributed by atoms with Crippen LogP contribution in [0.15, 0.2) is 28.7 Å². The van der Waals surface area contributed by atoms with Crippen molar-refractivity contribution in [2.45, 2.75) is 19.8 Å². The summed E-state index contributed by atoms with van der Waals surface area (Å²) in [4.78, 5) is 28.4. The summed E-state index contributed by atoms with van der Waals surface area (Å²) in [5.74, 6) is 0.254. The summed E-state index contributed by atoms with van der Waals surface area (Å²) >= 11 is 5.98. The topological polar surface area (TPSA) is 65.8 Å². The van der Waals surface area contributed by atoms with Crippen LogP contribution in [-0.4, -0.2) is 60.9 Å². The molecular weight excluding hydrogens is 354 g/mol. The lowest BCUT2D eigenvalue weighted by molar-refractivity contribution is -0.122. The molecular formula is C19H24ClN3O3. The van der Waals surface area contributed by atoms with Crippen LogP contribution in [0.3, 0.4) is 0 Å². The van der Waals surface area contributed by atoms with E-state index in [2.05, 4.69) is 17.1 Å². The second-order valence-corrected chi connectivity index (χ2v) is 7.00. The monoisotopic (exact) mass is 377 g/mol. The zero-order valence-electron chi connectivity index (χ0n) is 15.0. The molecule has 26 heavy (non-hydrogen) atoms. The first-order valence-corrected chi connectivity index (χ1v) is 9.42. The molecule has 6 nitrogen and oxygen atoms in total. The highest BCUT2D eigenvalue weighted by Gasteiger charge is 2.25. The van der Waals surface area contributed by atoms with Gasteiger partial charge in [0.25, 0.3) is 5.91 Å². The van der Waals surface area contributed by atoms with E-state index in [0.717, 1.165) is 24.8 Å². The second-order valence-electron chi connectivity index (χ2n) is 6.56. The van der Waals surface area contributed by atoms with Gasteiger partial charge in [0.2, 0.25) is 5.91 Å². The highest BCUT2D eigenvalue weighted by Crippen LogP contribution is 2.24. The Morgan fingerprint density at radius 1 is 1.19 bits per heavy atom. The number of halogens is 1. The minimum Gasteiger partial charge on any atom is -0.451 e. The molecule has 1 aliphatic heterocycles. The second kappa shape index (κ2) is 8.56. The molecule has 0 unspecified atom stereocenters. The Morgan fingerprint density at radius 3 is 2.69 bits per heavy atom. The molecule has 1 saturated heterocycles. The first-order valence-electron chi connectivity index (χ1n) is 9.04. The predicted molar refractivity (Wildman–Crippen MR) is 101 cm³/mol. The Morgan fingerprint density at radius 2 is 1.96 bits per heavy atom. The number of nitrogens with zero attached hydrogens (tertiary/aromatic N) is 2. The molecule has 1 aliphatic rings. The van der Waals surface area contributed by atoms with Crippen molar-refractivity contribution in [3.8, 4) is 0 Å². The molecule has 0 spiro atoms. The van der Waals surface area contributed by atoms with Crippen molar-refractivity contribution in [1.29, 1.82) is 0 Å². The zero-order valence-corrected chi connectivity index (χ0v) is 15.7. The van der Waals surface area contributed by atoms with Crippen LogP contribution in [0.1, 0.15) is 30.3 Å². The molecule has 7 heteroatoms.